The van der Waals surface area contributed by atoms with Gasteiger partial charge in [0.2, 0.25) is 0 Å². The third-order valence-electron chi connectivity index (χ3n) is 2.00. The van der Waals surface area contributed by atoms with E-state index in [-0.39, 0.29) is 5.82 Å². The normalized spacial score (nSPS) is 10.6. The second-order valence-electron chi connectivity index (χ2n) is 3.16. The summed E-state index contributed by atoms with van der Waals surface area (Å²) in [6.45, 7) is 1.67. The van der Waals surface area contributed by atoms with E-state index in [0.717, 1.165) is 0 Å². The zero-order valence-electron chi connectivity index (χ0n) is 7.92. The van der Waals surface area contributed by atoms with Gasteiger partial charge in [-0.05, 0) is 24.6 Å². The third kappa shape index (κ3) is 1.96. The molecule has 78 valence electrons. The summed E-state index contributed by atoms with van der Waals surface area (Å²) in [6, 6.07) is 2.97. The van der Waals surface area contributed by atoms with Gasteiger partial charge in [-0.3, -0.25) is 0 Å². The van der Waals surface area contributed by atoms with Crippen molar-refractivity contribution in [3.63, 3.8) is 0 Å². The quantitative estimate of drug-likeness (QED) is 0.831. The lowest BCUT2D eigenvalue weighted by atomic mass is 10.1. The standard InChI is InChI=1S/C10H8ClFN2S/c1-5-2-7(11)6(3-8(5)12)10-14-9(13)4-15-10/h2-4H,13H2,1H3. The first-order valence-electron chi connectivity index (χ1n) is 4.25. The molecule has 1 aromatic carbocycles. The molecule has 0 aliphatic rings. The summed E-state index contributed by atoms with van der Waals surface area (Å²) in [5.41, 5.74) is 6.60. The average molecular weight is 243 g/mol. The molecule has 0 aliphatic carbocycles. The van der Waals surface area contributed by atoms with Crippen molar-refractivity contribution in [1.82, 2.24) is 4.98 Å². The van der Waals surface area contributed by atoms with Gasteiger partial charge in [0.25, 0.3) is 0 Å². The Hall–Kier alpha value is -1.13. The number of thiazole rings is 1. The number of nitrogens with two attached hydrogens (primary N) is 1. The molecule has 0 fully saturated rings. The summed E-state index contributed by atoms with van der Waals surface area (Å²) >= 11 is 7.35. The number of aromatic nitrogens is 1. The highest BCUT2D eigenvalue weighted by Gasteiger charge is 2.10. The van der Waals surface area contributed by atoms with Crippen molar-refractivity contribution in [1.29, 1.82) is 0 Å². The van der Waals surface area contributed by atoms with E-state index in [0.29, 0.717) is 27.0 Å². The smallest absolute Gasteiger partial charge is 0.135 e. The monoisotopic (exact) mass is 242 g/mol. The van der Waals surface area contributed by atoms with Gasteiger partial charge in [-0.2, -0.15) is 0 Å². The zero-order chi connectivity index (χ0) is 11.0. The maximum absolute atomic E-state index is 13.3. The molecule has 2 N–H and O–H groups in total. The van der Waals surface area contributed by atoms with Crippen LogP contribution in [-0.2, 0) is 0 Å². The van der Waals surface area contributed by atoms with E-state index in [1.807, 2.05) is 0 Å². The van der Waals surface area contributed by atoms with Crippen LogP contribution in [0.15, 0.2) is 17.5 Å². The molecule has 0 unspecified atom stereocenters. The highest BCUT2D eigenvalue weighted by atomic mass is 35.5. The van der Waals surface area contributed by atoms with Gasteiger partial charge >= 0.3 is 0 Å². The summed E-state index contributed by atoms with van der Waals surface area (Å²) in [5, 5.41) is 2.82. The van der Waals surface area contributed by atoms with Gasteiger partial charge in [0.05, 0.1) is 5.02 Å². The summed E-state index contributed by atoms with van der Waals surface area (Å²) < 4.78 is 13.3. The van der Waals surface area contributed by atoms with Gasteiger partial charge in [-0.15, -0.1) is 11.3 Å². The van der Waals surface area contributed by atoms with E-state index in [1.165, 1.54) is 17.4 Å². The van der Waals surface area contributed by atoms with Crippen molar-refractivity contribution in [2.24, 2.45) is 0 Å². The molecule has 2 nitrogen and oxygen atoms in total. The highest BCUT2D eigenvalue weighted by molar-refractivity contribution is 7.13. The number of nitrogen functional groups attached to an aromatic ring is 1. The lowest BCUT2D eigenvalue weighted by Crippen LogP contribution is -1.87. The van der Waals surface area contributed by atoms with Crippen LogP contribution in [0.5, 0.6) is 0 Å². The molecule has 2 rings (SSSR count). The van der Waals surface area contributed by atoms with Crippen molar-refractivity contribution in [3.05, 3.63) is 33.9 Å². The SMILES string of the molecule is Cc1cc(Cl)c(-c2nc(N)cs2)cc1F. The summed E-state index contributed by atoms with van der Waals surface area (Å²) in [5.74, 6) is 0.134. The first-order chi connectivity index (χ1) is 7.08. The molecule has 0 atom stereocenters. The molecule has 5 heteroatoms. The lowest BCUT2D eigenvalue weighted by Gasteiger charge is -2.03. The van der Waals surface area contributed by atoms with E-state index in [4.69, 9.17) is 17.3 Å². The van der Waals surface area contributed by atoms with E-state index in [2.05, 4.69) is 4.98 Å². The molecule has 0 saturated heterocycles. The zero-order valence-corrected chi connectivity index (χ0v) is 9.49. The van der Waals surface area contributed by atoms with Crippen molar-refractivity contribution >= 4 is 28.8 Å². The number of anilines is 1. The molecule has 0 bridgehead atoms. The second kappa shape index (κ2) is 3.79. The molecule has 15 heavy (non-hydrogen) atoms. The van der Waals surface area contributed by atoms with Crippen LogP contribution < -0.4 is 5.73 Å². The minimum atomic E-state index is -0.289. The summed E-state index contributed by atoms with van der Waals surface area (Å²) in [6.07, 6.45) is 0. The minimum Gasteiger partial charge on any atom is -0.383 e. The number of halogens is 2. The number of nitrogens with zero attached hydrogens (tertiary/aromatic N) is 1. The first kappa shape index (κ1) is 10.4. The Balaban J connectivity index is 2.58. The molecule has 1 aromatic heterocycles. The number of hydrogen-bond donors (Lipinski definition) is 1. The van der Waals surface area contributed by atoms with Gasteiger partial charge in [0, 0.05) is 10.9 Å². The largest absolute Gasteiger partial charge is 0.383 e. The van der Waals surface area contributed by atoms with E-state index >= 15 is 0 Å². The minimum absolute atomic E-state index is 0.289. The van der Waals surface area contributed by atoms with Crippen LogP contribution >= 0.6 is 22.9 Å². The predicted octanol–water partition coefficient (Wildman–Crippen LogP) is 3.49. The van der Waals surface area contributed by atoms with Crippen LogP contribution in [0.2, 0.25) is 5.02 Å². The van der Waals surface area contributed by atoms with Crippen LogP contribution in [0, 0.1) is 12.7 Å². The van der Waals surface area contributed by atoms with E-state index in [9.17, 15) is 4.39 Å². The van der Waals surface area contributed by atoms with Crippen molar-refractivity contribution in [2.75, 3.05) is 5.73 Å². The predicted molar refractivity (Wildman–Crippen MR) is 61.7 cm³/mol. The average Bonchev–Trinajstić information content (AvgIpc) is 2.58. The van der Waals surface area contributed by atoms with Crippen LogP contribution in [0.1, 0.15) is 5.56 Å². The van der Waals surface area contributed by atoms with Gasteiger partial charge in [0.15, 0.2) is 0 Å². The van der Waals surface area contributed by atoms with Crippen LogP contribution in [0.25, 0.3) is 10.6 Å². The first-order valence-corrected chi connectivity index (χ1v) is 5.50. The van der Waals surface area contributed by atoms with Gasteiger partial charge in [0.1, 0.15) is 16.6 Å². The van der Waals surface area contributed by atoms with Crippen molar-refractivity contribution < 1.29 is 4.39 Å². The van der Waals surface area contributed by atoms with Crippen LogP contribution in [-0.4, -0.2) is 4.98 Å². The number of rotatable bonds is 1. The molecule has 0 saturated carbocycles. The molecule has 0 radical (unpaired) electrons. The van der Waals surface area contributed by atoms with Gasteiger partial charge < -0.3 is 5.73 Å². The Bertz CT molecular complexity index is 510. The second-order valence-corrected chi connectivity index (χ2v) is 4.42. The van der Waals surface area contributed by atoms with Crippen LogP contribution in [0.4, 0.5) is 10.2 Å². The van der Waals surface area contributed by atoms with Gasteiger partial charge in [-0.1, -0.05) is 11.6 Å². The van der Waals surface area contributed by atoms with Crippen LogP contribution in [0.3, 0.4) is 0 Å². The summed E-state index contributed by atoms with van der Waals surface area (Å²) in [4.78, 5) is 4.06. The molecule has 0 amide bonds. The number of aryl methyl sites for hydroxylation is 1. The molecule has 2 aromatic rings. The Morgan fingerprint density at radius 3 is 2.80 bits per heavy atom. The Morgan fingerprint density at radius 2 is 2.20 bits per heavy atom. The maximum Gasteiger partial charge on any atom is 0.135 e. The van der Waals surface area contributed by atoms with E-state index in [1.54, 1.807) is 18.4 Å². The number of benzene rings is 1. The Labute approximate surface area is 95.5 Å². The fraction of sp³-hybridized carbons (Fsp3) is 0.100. The summed E-state index contributed by atoms with van der Waals surface area (Å²) in [7, 11) is 0. The Morgan fingerprint density at radius 1 is 1.47 bits per heavy atom. The molecule has 1 heterocycles. The maximum atomic E-state index is 13.3. The van der Waals surface area contributed by atoms with Crippen molar-refractivity contribution in [2.45, 2.75) is 6.92 Å². The number of hydrogen-bond acceptors (Lipinski definition) is 3. The third-order valence-corrected chi connectivity index (χ3v) is 3.21. The molecule has 0 spiro atoms. The van der Waals surface area contributed by atoms with Crippen molar-refractivity contribution in [3.8, 4) is 10.6 Å². The molecular weight excluding hydrogens is 235 g/mol. The Kier molecular flexibility index (Phi) is 2.63. The molecule has 0 aliphatic heterocycles. The van der Waals surface area contributed by atoms with Gasteiger partial charge in [-0.25, -0.2) is 9.37 Å². The fourth-order valence-corrected chi connectivity index (χ4v) is 2.32. The lowest BCUT2D eigenvalue weighted by molar-refractivity contribution is 0.619. The fourth-order valence-electron chi connectivity index (χ4n) is 1.22. The molecular formula is C10H8ClFN2S. The topological polar surface area (TPSA) is 38.9 Å². The van der Waals surface area contributed by atoms with E-state index < -0.39 is 0 Å². The highest BCUT2D eigenvalue weighted by Crippen LogP contribution is 2.32.